The van der Waals surface area contributed by atoms with Gasteiger partial charge in [0.25, 0.3) is 11.8 Å². The third-order valence-corrected chi connectivity index (χ3v) is 3.44. The van der Waals surface area contributed by atoms with Gasteiger partial charge in [-0.3, -0.25) is 19.2 Å². The Balaban J connectivity index is 1.69. The first-order valence-corrected chi connectivity index (χ1v) is 6.69. The molecule has 2 amide bonds. The van der Waals surface area contributed by atoms with E-state index in [0.717, 1.165) is 4.90 Å². The second-order valence-corrected chi connectivity index (χ2v) is 4.83. The van der Waals surface area contributed by atoms with Gasteiger partial charge in [0.2, 0.25) is 0 Å². The number of ether oxygens (including phenoxy) is 1. The maximum Gasteiger partial charge on any atom is 0.338 e. The molecule has 7 heteroatoms. The Morgan fingerprint density at radius 3 is 2.73 bits per heavy atom. The van der Waals surface area contributed by atoms with E-state index >= 15 is 0 Å². The molecule has 112 valence electrons. The molecular formula is C15H13N3O4. The number of carbonyl (C=O) groups excluding carboxylic acids is 3. The SMILES string of the molecule is CN1C(=O)c2ccc(C(=O)OCCn3cccn3)cc2C1=O. The van der Waals surface area contributed by atoms with E-state index < -0.39 is 11.9 Å². The van der Waals surface area contributed by atoms with E-state index in [4.69, 9.17) is 4.74 Å². The predicted octanol–water partition coefficient (Wildman–Crippen LogP) is 0.966. The summed E-state index contributed by atoms with van der Waals surface area (Å²) in [6.45, 7) is 0.619. The molecule has 0 fully saturated rings. The van der Waals surface area contributed by atoms with Gasteiger partial charge in [0.05, 0.1) is 23.2 Å². The molecule has 1 aliphatic heterocycles. The van der Waals surface area contributed by atoms with Crippen LogP contribution >= 0.6 is 0 Å². The van der Waals surface area contributed by atoms with Crippen LogP contribution in [0.5, 0.6) is 0 Å². The van der Waals surface area contributed by atoms with Crippen LogP contribution in [0.2, 0.25) is 0 Å². The summed E-state index contributed by atoms with van der Waals surface area (Å²) in [5.41, 5.74) is 0.783. The van der Waals surface area contributed by atoms with Crippen LogP contribution in [0.15, 0.2) is 36.7 Å². The normalized spacial score (nSPS) is 13.4. The van der Waals surface area contributed by atoms with Gasteiger partial charge in [0.1, 0.15) is 6.61 Å². The van der Waals surface area contributed by atoms with Crippen molar-refractivity contribution in [2.24, 2.45) is 0 Å². The third-order valence-electron chi connectivity index (χ3n) is 3.44. The highest BCUT2D eigenvalue weighted by molar-refractivity contribution is 6.21. The average molecular weight is 299 g/mol. The molecule has 0 unspecified atom stereocenters. The molecule has 1 aliphatic rings. The van der Waals surface area contributed by atoms with Gasteiger partial charge < -0.3 is 4.74 Å². The second kappa shape index (κ2) is 5.44. The summed E-state index contributed by atoms with van der Waals surface area (Å²) in [5.74, 6) is -1.31. The van der Waals surface area contributed by atoms with Crippen molar-refractivity contribution in [1.29, 1.82) is 0 Å². The number of amides is 2. The summed E-state index contributed by atoms with van der Waals surface area (Å²) in [5, 5.41) is 4.00. The molecular weight excluding hydrogens is 286 g/mol. The van der Waals surface area contributed by atoms with Crippen LogP contribution in [0.3, 0.4) is 0 Å². The van der Waals surface area contributed by atoms with E-state index in [1.165, 1.54) is 25.2 Å². The summed E-state index contributed by atoms with van der Waals surface area (Å²) in [6.07, 6.45) is 3.41. The predicted molar refractivity (Wildman–Crippen MR) is 75.4 cm³/mol. The van der Waals surface area contributed by atoms with Gasteiger partial charge in [0.15, 0.2) is 0 Å². The Morgan fingerprint density at radius 1 is 1.23 bits per heavy atom. The minimum atomic E-state index is -0.537. The van der Waals surface area contributed by atoms with Gasteiger partial charge in [-0.15, -0.1) is 0 Å². The van der Waals surface area contributed by atoms with Crippen molar-refractivity contribution in [3.05, 3.63) is 53.3 Å². The number of fused-ring (bicyclic) bond motifs is 1. The zero-order chi connectivity index (χ0) is 15.7. The molecule has 0 spiro atoms. The maximum atomic E-state index is 12.0. The first kappa shape index (κ1) is 14.0. The van der Waals surface area contributed by atoms with Gasteiger partial charge in [-0.2, -0.15) is 5.10 Å². The fraction of sp³-hybridized carbons (Fsp3) is 0.200. The molecule has 1 aromatic heterocycles. The molecule has 0 aliphatic carbocycles. The van der Waals surface area contributed by atoms with Crippen LogP contribution in [0.4, 0.5) is 0 Å². The topological polar surface area (TPSA) is 81.5 Å². The number of rotatable bonds is 4. The lowest BCUT2D eigenvalue weighted by molar-refractivity contribution is 0.0487. The van der Waals surface area contributed by atoms with Gasteiger partial charge in [-0.25, -0.2) is 4.79 Å². The highest BCUT2D eigenvalue weighted by Crippen LogP contribution is 2.22. The van der Waals surface area contributed by atoms with E-state index in [-0.39, 0.29) is 23.6 Å². The number of nitrogens with zero attached hydrogens (tertiary/aromatic N) is 3. The first-order chi connectivity index (χ1) is 10.6. The van der Waals surface area contributed by atoms with E-state index in [9.17, 15) is 14.4 Å². The fourth-order valence-corrected chi connectivity index (χ4v) is 2.24. The lowest BCUT2D eigenvalue weighted by Crippen LogP contribution is -2.24. The van der Waals surface area contributed by atoms with Crippen LogP contribution in [0.1, 0.15) is 31.1 Å². The quantitative estimate of drug-likeness (QED) is 0.620. The summed E-state index contributed by atoms with van der Waals surface area (Å²) < 4.78 is 6.79. The van der Waals surface area contributed by atoms with Crippen molar-refractivity contribution in [1.82, 2.24) is 14.7 Å². The number of imide groups is 1. The van der Waals surface area contributed by atoms with Gasteiger partial charge in [-0.1, -0.05) is 0 Å². The highest BCUT2D eigenvalue weighted by atomic mass is 16.5. The maximum absolute atomic E-state index is 12.0. The smallest absolute Gasteiger partial charge is 0.338 e. The lowest BCUT2D eigenvalue weighted by atomic mass is 10.1. The van der Waals surface area contributed by atoms with Gasteiger partial charge >= 0.3 is 5.97 Å². The van der Waals surface area contributed by atoms with E-state index in [2.05, 4.69) is 5.10 Å². The molecule has 0 bridgehead atoms. The van der Waals surface area contributed by atoms with Crippen molar-refractivity contribution < 1.29 is 19.1 Å². The zero-order valence-corrected chi connectivity index (χ0v) is 11.9. The first-order valence-electron chi connectivity index (χ1n) is 6.69. The Kier molecular flexibility index (Phi) is 3.46. The molecule has 7 nitrogen and oxygen atoms in total. The standard InChI is InChI=1S/C15H13N3O4/c1-17-13(19)11-4-3-10(9-12(11)14(17)20)15(21)22-8-7-18-6-2-5-16-18/h2-6,9H,7-8H2,1H3. The van der Waals surface area contributed by atoms with E-state index in [1.54, 1.807) is 23.1 Å². The Labute approximate surface area is 126 Å². The Morgan fingerprint density at radius 2 is 2.00 bits per heavy atom. The van der Waals surface area contributed by atoms with Crippen molar-refractivity contribution in [3.8, 4) is 0 Å². The minimum Gasteiger partial charge on any atom is -0.460 e. The Bertz CT molecular complexity index is 752. The summed E-state index contributed by atoms with van der Waals surface area (Å²) in [6, 6.07) is 6.14. The van der Waals surface area contributed by atoms with Crippen LogP contribution in [0, 0.1) is 0 Å². The fourth-order valence-electron chi connectivity index (χ4n) is 2.24. The minimum absolute atomic E-state index is 0.171. The van der Waals surface area contributed by atoms with Gasteiger partial charge in [-0.05, 0) is 24.3 Å². The molecule has 2 aromatic rings. The summed E-state index contributed by atoms with van der Waals surface area (Å²) >= 11 is 0. The number of esters is 1. The molecule has 0 saturated carbocycles. The molecule has 1 aromatic carbocycles. The monoisotopic (exact) mass is 299 g/mol. The molecule has 0 atom stereocenters. The zero-order valence-electron chi connectivity index (χ0n) is 11.9. The van der Waals surface area contributed by atoms with E-state index in [1.807, 2.05) is 0 Å². The molecule has 0 radical (unpaired) electrons. The lowest BCUT2D eigenvalue weighted by Gasteiger charge is -2.06. The highest BCUT2D eigenvalue weighted by Gasteiger charge is 2.33. The molecule has 0 saturated heterocycles. The second-order valence-electron chi connectivity index (χ2n) is 4.83. The van der Waals surface area contributed by atoms with Crippen molar-refractivity contribution in [2.45, 2.75) is 6.54 Å². The number of aromatic nitrogens is 2. The Hall–Kier alpha value is -2.96. The summed E-state index contributed by atoms with van der Waals surface area (Å²) in [4.78, 5) is 36.7. The van der Waals surface area contributed by atoms with E-state index in [0.29, 0.717) is 12.1 Å². The average Bonchev–Trinajstić information content (AvgIpc) is 3.11. The van der Waals surface area contributed by atoms with Gasteiger partial charge in [0, 0.05) is 19.4 Å². The molecule has 3 rings (SSSR count). The number of hydrogen-bond acceptors (Lipinski definition) is 5. The van der Waals surface area contributed by atoms with Crippen molar-refractivity contribution >= 4 is 17.8 Å². The van der Waals surface area contributed by atoms with Crippen LogP contribution in [0.25, 0.3) is 0 Å². The molecule has 0 N–H and O–H groups in total. The number of benzene rings is 1. The number of hydrogen-bond donors (Lipinski definition) is 0. The van der Waals surface area contributed by atoms with Crippen molar-refractivity contribution in [3.63, 3.8) is 0 Å². The van der Waals surface area contributed by atoms with Crippen LogP contribution in [-0.2, 0) is 11.3 Å². The summed E-state index contributed by atoms with van der Waals surface area (Å²) in [7, 11) is 1.41. The van der Waals surface area contributed by atoms with Crippen molar-refractivity contribution in [2.75, 3.05) is 13.7 Å². The largest absolute Gasteiger partial charge is 0.460 e. The van der Waals surface area contributed by atoms with Crippen LogP contribution < -0.4 is 0 Å². The molecule has 2 heterocycles. The molecule has 22 heavy (non-hydrogen) atoms. The number of carbonyl (C=O) groups is 3. The third kappa shape index (κ3) is 2.37. The van der Waals surface area contributed by atoms with Crippen LogP contribution in [-0.4, -0.2) is 46.1 Å².